The number of benzene rings is 2. The zero-order valence-corrected chi connectivity index (χ0v) is 17.1. The third-order valence-electron chi connectivity index (χ3n) is 4.17. The molecule has 0 aliphatic heterocycles. The number of oxime groups is 1. The highest BCUT2D eigenvalue weighted by molar-refractivity contribution is 6.47. The maximum Gasteiger partial charge on any atom is 0.416 e. The van der Waals surface area contributed by atoms with Gasteiger partial charge in [-0.2, -0.15) is 13.2 Å². The first-order chi connectivity index (χ1) is 14.3. The number of hydrogen-bond donors (Lipinski definition) is 1. The second-order valence-electron chi connectivity index (χ2n) is 6.14. The molecule has 0 fully saturated rings. The first-order valence-electron chi connectivity index (χ1n) is 8.97. The minimum atomic E-state index is -4.42. The Morgan fingerprint density at radius 3 is 2.40 bits per heavy atom. The SMILES string of the molecule is CN=C(NOC)C(=NC)c1ccccc1CON=C(C)c1cccc(C(F)(F)F)c1. The predicted octanol–water partition coefficient (Wildman–Crippen LogP) is 4.24. The predicted molar refractivity (Wildman–Crippen MR) is 111 cm³/mol. The average Bonchev–Trinajstić information content (AvgIpc) is 2.74. The van der Waals surface area contributed by atoms with Crippen molar-refractivity contribution in [1.82, 2.24) is 5.48 Å². The lowest BCUT2D eigenvalue weighted by molar-refractivity contribution is -0.137. The average molecular weight is 420 g/mol. The summed E-state index contributed by atoms with van der Waals surface area (Å²) in [6.07, 6.45) is -4.42. The third-order valence-corrected chi connectivity index (χ3v) is 4.17. The number of aliphatic imine (C=N–C) groups is 2. The third kappa shape index (κ3) is 5.90. The molecule has 0 atom stereocenters. The van der Waals surface area contributed by atoms with Crippen LogP contribution in [0.2, 0.25) is 0 Å². The van der Waals surface area contributed by atoms with Crippen LogP contribution in [0.4, 0.5) is 13.2 Å². The Labute approximate surface area is 173 Å². The summed E-state index contributed by atoms with van der Waals surface area (Å²) in [7, 11) is 4.71. The van der Waals surface area contributed by atoms with Gasteiger partial charge in [-0.1, -0.05) is 41.6 Å². The fraction of sp³-hybridized carbons (Fsp3) is 0.286. The summed E-state index contributed by atoms with van der Waals surface area (Å²) in [6.45, 7) is 1.68. The Balaban J connectivity index is 2.21. The van der Waals surface area contributed by atoms with Crippen molar-refractivity contribution in [2.45, 2.75) is 19.7 Å². The summed E-state index contributed by atoms with van der Waals surface area (Å²) in [5, 5.41) is 3.98. The summed E-state index contributed by atoms with van der Waals surface area (Å²) in [5.41, 5.74) is 4.71. The van der Waals surface area contributed by atoms with Crippen molar-refractivity contribution in [3.05, 3.63) is 70.8 Å². The molecule has 30 heavy (non-hydrogen) atoms. The normalized spacial score (nSPS) is 13.4. The molecule has 0 bridgehead atoms. The fourth-order valence-corrected chi connectivity index (χ4v) is 2.70. The van der Waals surface area contributed by atoms with Gasteiger partial charge in [0, 0.05) is 25.2 Å². The van der Waals surface area contributed by atoms with Gasteiger partial charge in [0.25, 0.3) is 0 Å². The molecule has 0 aromatic heterocycles. The van der Waals surface area contributed by atoms with Gasteiger partial charge >= 0.3 is 6.18 Å². The molecule has 0 unspecified atom stereocenters. The molecule has 0 aliphatic carbocycles. The van der Waals surface area contributed by atoms with Crippen molar-refractivity contribution in [2.75, 3.05) is 21.2 Å². The topological polar surface area (TPSA) is 67.6 Å². The molecule has 6 nitrogen and oxygen atoms in total. The lowest BCUT2D eigenvalue weighted by Gasteiger charge is -2.13. The number of hydrogen-bond acceptors (Lipinski definition) is 5. The van der Waals surface area contributed by atoms with Gasteiger partial charge in [-0.3, -0.25) is 14.8 Å². The molecule has 0 spiro atoms. The summed E-state index contributed by atoms with van der Waals surface area (Å²) in [4.78, 5) is 18.8. The number of alkyl halides is 3. The van der Waals surface area contributed by atoms with Crippen LogP contribution < -0.4 is 5.48 Å². The van der Waals surface area contributed by atoms with Crippen LogP contribution in [0.1, 0.15) is 29.2 Å². The van der Waals surface area contributed by atoms with E-state index in [2.05, 4.69) is 20.6 Å². The number of nitrogens with zero attached hydrogens (tertiary/aromatic N) is 3. The van der Waals surface area contributed by atoms with Gasteiger partial charge < -0.3 is 4.84 Å². The molecule has 0 radical (unpaired) electrons. The van der Waals surface area contributed by atoms with Crippen LogP contribution in [0.15, 0.2) is 63.7 Å². The number of hydroxylamine groups is 1. The molecule has 0 saturated heterocycles. The number of rotatable bonds is 7. The largest absolute Gasteiger partial charge is 0.416 e. The van der Waals surface area contributed by atoms with Crippen LogP contribution in [0, 0.1) is 0 Å². The zero-order valence-electron chi connectivity index (χ0n) is 17.1. The fourth-order valence-electron chi connectivity index (χ4n) is 2.70. The maximum absolute atomic E-state index is 12.9. The van der Waals surface area contributed by atoms with E-state index in [4.69, 9.17) is 9.68 Å². The van der Waals surface area contributed by atoms with Gasteiger partial charge in [0.05, 0.1) is 18.4 Å². The Kier molecular flexibility index (Phi) is 8.11. The second kappa shape index (κ2) is 10.5. The van der Waals surface area contributed by atoms with E-state index in [0.717, 1.165) is 23.3 Å². The summed E-state index contributed by atoms with van der Waals surface area (Å²) in [5.74, 6) is 0.441. The summed E-state index contributed by atoms with van der Waals surface area (Å²) >= 11 is 0. The maximum atomic E-state index is 12.9. The van der Waals surface area contributed by atoms with E-state index >= 15 is 0 Å². The molecule has 160 valence electrons. The molecule has 1 N–H and O–H groups in total. The number of halogens is 3. The molecular formula is C21H23F3N4O2. The van der Waals surface area contributed by atoms with Gasteiger partial charge in [0.2, 0.25) is 0 Å². The minimum absolute atomic E-state index is 0.0927. The first kappa shape index (κ1) is 23.1. The first-order valence-corrected chi connectivity index (χ1v) is 8.97. The van der Waals surface area contributed by atoms with E-state index < -0.39 is 11.7 Å². The Bertz CT molecular complexity index is 953. The standard InChI is InChI=1S/C21H23F3N4O2/c1-14(15-9-7-10-17(12-15)21(22,23)24)27-30-13-16-8-5-6-11-18(16)19(25-2)20(26-3)28-29-4/h5-12H,13H2,1-4H3,(H,26,28). The molecule has 9 heteroatoms. The number of nitrogens with one attached hydrogen (secondary N) is 1. The lowest BCUT2D eigenvalue weighted by Crippen LogP contribution is -2.31. The molecule has 2 aromatic carbocycles. The van der Waals surface area contributed by atoms with E-state index in [-0.39, 0.29) is 6.61 Å². The lowest BCUT2D eigenvalue weighted by atomic mass is 10.0. The van der Waals surface area contributed by atoms with Gasteiger partial charge in [-0.15, -0.1) is 0 Å². The summed E-state index contributed by atoms with van der Waals surface area (Å²) < 4.78 is 38.7. The molecule has 0 heterocycles. The van der Waals surface area contributed by atoms with E-state index in [9.17, 15) is 13.2 Å². The van der Waals surface area contributed by atoms with E-state index in [1.165, 1.54) is 13.2 Å². The summed E-state index contributed by atoms with van der Waals surface area (Å²) in [6, 6.07) is 12.3. The zero-order chi connectivity index (χ0) is 22.1. The van der Waals surface area contributed by atoms with Crippen molar-refractivity contribution in [3.63, 3.8) is 0 Å². The molecule has 0 aliphatic rings. The van der Waals surface area contributed by atoms with Gasteiger partial charge in [0.15, 0.2) is 5.84 Å². The van der Waals surface area contributed by atoms with Gasteiger partial charge in [-0.25, -0.2) is 5.48 Å². The molecule has 0 saturated carbocycles. The highest BCUT2D eigenvalue weighted by atomic mass is 19.4. The van der Waals surface area contributed by atoms with Crippen molar-refractivity contribution < 1.29 is 22.8 Å². The quantitative estimate of drug-likeness (QED) is 0.414. The monoisotopic (exact) mass is 420 g/mol. The Morgan fingerprint density at radius 1 is 1.03 bits per heavy atom. The van der Waals surface area contributed by atoms with Crippen LogP contribution in [-0.4, -0.2) is 38.5 Å². The van der Waals surface area contributed by atoms with Crippen molar-refractivity contribution in [2.24, 2.45) is 15.1 Å². The molecular weight excluding hydrogens is 397 g/mol. The molecule has 0 amide bonds. The van der Waals surface area contributed by atoms with Gasteiger partial charge in [0.1, 0.15) is 12.3 Å². The van der Waals surface area contributed by atoms with E-state index in [1.54, 1.807) is 27.1 Å². The van der Waals surface area contributed by atoms with Crippen molar-refractivity contribution >= 4 is 17.3 Å². The van der Waals surface area contributed by atoms with Crippen molar-refractivity contribution in [3.8, 4) is 0 Å². The van der Waals surface area contributed by atoms with E-state index in [1.807, 2.05) is 24.3 Å². The molecule has 2 rings (SSSR count). The van der Waals surface area contributed by atoms with Crippen LogP contribution >= 0.6 is 0 Å². The number of amidine groups is 1. The Morgan fingerprint density at radius 2 is 1.77 bits per heavy atom. The van der Waals surface area contributed by atoms with E-state index in [0.29, 0.717) is 22.8 Å². The van der Waals surface area contributed by atoms with Crippen LogP contribution in [-0.2, 0) is 22.5 Å². The van der Waals surface area contributed by atoms with Crippen LogP contribution in [0.3, 0.4) is 0 Å². The van der Waals surface area contributed by atoms with Crippen LogP contribution in [0.5, 0.6) is 0 Å². The van der Waals surface area contributed by atoms with Crippen molar-refractivity contribution in [1.29, 1.82) is 0 Å². The minimum Gasteiger partial charge on any atom is -0.391 e. The van der Waals surface area contributed by atoms with Gasteiger partial charge in [-0.05, 0) is 24.6 Å². The molecule has 2 aromatic rings. The highest BCUT2D eigenvalue weighted by Crippen LogP contribution is 2.29. The van der Waals surface area contributed by atoms with Crippen LogP contribution in [0.25, 0.3) is 0 Å². The second-order valence-corrected chi connectivity index (χ2v) is 6.14. The smallest absolute Gasteiger partial charge is 0.391 e. The Hall–Kier alpha value is -3.20. The highest BCUT2D eigenvalue weighted by Gasteiger charge is 2.30.